The molecule has 1 heterocycles. The molecular weight excluding hydrogens is 296 g/mol. The van der Waals surface area contributed by atoms with E-state index in [4.69, 9.17) is 18.0 Å². The van der Waals surface area contributed by atoms with E-state index in [1.165, 1.54) is 42.7 Å². The summed E-state index contributed by atoms with van der Waals surface area (Å²) in [6.45, 7) is 5.56. The zero-order valence-electron chi connectivity index (χ0n) is 13.1. The van der Waals surface area contributed by atoms with E-state index in [-0.39, 0.29) is 0 Å². The van der Waals surface area contributed by atoms with Crippen LogP contribution in [0.3, 0.4) is 0 Å². The Kier molecular flexibility index (Phi) is 6.37. The third-order valence-corrected chi connectivity index (χ3v) is 5.25. The van der Waals surface area contributed by atoms with Crippen molar-refractivity contribution in [2.45, 2.75) is 56.9 Å². The maximum atomic E-state index is 6.06. The number of rotatable bonds is 6. The fourth-order valence-corrected chi connectivity index (χ4v) is 4.36. The van der Waals surface area contributed by atoms with Gasteiger partial charge in [0.1, 0.15) is 4.99 Å². The second-order valence-electron chi connectivity index (χ2n) is 5.58. The highest BCUT2D eigenvalue weighted by molar-refractivity contribution is 7.99. The summed E-state index contributed by atoms with van der Waals surface area (Å²) in [6.07, 6.45) is 6.37. The summed E-state index contributed by atoms with van der Waals surface area (Å²) in [6, 6.07) is 7.12. The third-order valence-electron chi connectivity index (χ3n) is 4.11. The molecule has 2 rings (SSSR count). The van der Waals surface area contributed by atoms with Crippen LogP contribution in [0.25, 0.3) is 0 Å². The molecule has 0 aromatic heterocycles. The molecule has 116 valence electrons. The van der Waals surface area contributed by atoms with Crippen LogP contribution in [0.15, 0.2) is 23.1 Å². The van der Waals surface area contributed by atoms with Gasteiger partial charge in [0.25, 0.3) is 0 Å². The number of thiocarbonyl (C=S) groups is 1. The maximum absolute atomic E-state index is 6.06. The van der Waals surface area contributed by atoms with Crippen LogP contribution in [0.1, 0.15) is 51.5 Å². The molecule has 1 unspecified atom stereocenters. The summed E-state index contributed by atoms with van der Waals surface area (Å²) >= 11 is 7.19. The number of anilines is 1. The molecule has 1 fully saturated rings. The van der Waals surface area contributed by atoms with Crippen LogP contribution >= 0.6 is 24.0 Å². The molecule has 4 heteroatoms. The molecule has 2 nitrogen and oxygen atoms in total. The molecular formula is C17H26N2S2. The molecule has 2 N–H and O–H groups in total. The summed E-state index contributed by atoms with van der Waals surface area (Å²) < 4.78 is 0. The van der Waals surface area contributed by atoms with Crippen LogP contribution in [0.4, 0.5) is 5.69 Å². The van der Waals surface area contributed by atoms with E-state index >= 15 is 0 Å². The highest BCUT2D eigenvalue weighted by atomic mass is 32.2. The first kappa shape index (κ1) is 16.6. The maximum Gasteiger partial charge on any atom is 0.107 e. The number of piperidine rings is 1. The Balaban J connectivity index is 2.40. The molecule has 1 aliphatic rings. The van der Waals surface area contributed by atoms with Gasteiger partial charge in [0, 0.05) is 28.7 Å². The Morgan fingerprint density at radius 1 is 1.38 bits per heavy atom. The number of hydrogen-bond acceptors (Lipinski definition) is 3. The van der Waals surface area contributed by atoms with Gasteiger partial charge < -0.3 is 10.6 Å². The van der Waals surface area contributed by atoms with Gasteiger partial charge in [-0.1, -0.05) is 38.6 Å². The van der Waals surface area contributed by atoms with Gasteiger partial charge in [0.05, 0.1) is 0 Å². The van der Waals surface area contributed by atoms with Crippen LogP contribution in [0.2, 0.25) is 0 Å². The van der Waals surface area contributed by atoms with Gasteiger partial charge in [0.2, 0.25) is 0 Å². The zero-order valence-corrected chi connectivity index (χ0v) is 14.7. The van der Waals surface area contributed by atoms with E-state index in [2.05, 4.69) is 36.9 Å². The van der Waals surface area contributed by atoms with Crippen LogP contribution in [0, 0.1) is 0 Å². The first-order valence-electron chi connectivity index (χ1n) is 8.01. The molecule has 21 heavy (non-hydrogen) atoms. The minimum atomic E-state index is 0.530. The van der Waals surface area contributed by atoms with Crippen molar-refractivity contribution in [2.75, 3.05) is 17.2 Å². The van der Waals surface area contributed by atoms with Crippen molar-refractivity contribution in [3.05, 3.63) is 23.8 Å². The van der Waals surface area contributed by atoms with Crippen LogP contribution < -0.4 is 10.6 Å². The van der Waals surface area contributed by atoms with E-state index in [9.17, 15) is 0 Å². The van der Waals surface area contributed by atoms with E-state index in [1.54, 1.807) is 0 Å². The van der Waals surface area contributed by atoms with Crippen molar-refractivity contribution in [1.29, 1.82) is 0 Å². The van der Waals surface area contributed by atoms with Gasteiger partial charge in [-0.3, -0.25) is 0 Å². The molecule has 0 saturated carbocycles. The standard InChI is InChI=1S/C17H26N2S2/c1-3-8-13-9-5-6-12-19(13)14-10-7-11-15(21-4-2)16(14)17(18)20/h7,10-11,13H,3-6,8-9,12H2,1-2H3,(H2,18,20). The van der Waals surface area contributed by atoms with Gasteiger partial charge in [-0.15, -0.1) is 11.8 Å². The summed E-state index contributed by atoms with van der Waals surface area (Å²) in [4.78, 5) is 4.31. The van der Waals surface area contributed by atoms with E-state index < -0.39 is 0 Å². The molecule has 1 aromatic carbocycles. The Morgan fingerprint density at radius 2 is 2.19 bits per heavy atom. The van der Waals surface area contributed by atoms with Gasteiger partial charge in [-0.25, -0.2) is 0 Å². The third kappa shape index (κ3) is 3.92. The van der Waals surface area contributed by atoms with Crippen molar-refractivity contribution < 1.29 is 0 Å². The first-order chi connectivity index (χ1) is 10.2. The highest BCUT2D eigenvalue weighted by Gasteiger charge is 2.25. The molecule has 0 radical (unpaired) electrons. The van der Waals surface area contributed by atoms with Gasteiger partial charge in [0.15, 0.2) is 0 Å². The molecule has 0 amide bonds. The lowest BCUT2D eigenvalue weighted by Crippen LogP contribution is -2.40. The predicted octanol–water partition coefficient (Wildman–Crippen LogP) is 4.59. The Hall–Kier alpha value is -0.740. The number of nitrogens with zero attached hydrogens (tertiary/aromatic N) is 1. The normalized spacial score (nSPS) is 18.8. The quantitative estimate of drug-likeness (QED) is 0.612. The first-order valence-corrected chi connectivity index (χ1v) is 9.40. The van der Waals surface area contributed by atoms with Gasteiger partial charge in [-0.05, 0) is 43.6 Å². The smallest absolute Gasteiger partial charge is 0.107 e. The van der Waals surface area contributed by atoms with Crippen molar-refractivity contribution in [3.63, 3.8) is 0 Å². The molecule has 0 bridgehead atoms. The van der Waals surface area contributed by atoms with E-state index in [1.807, 2.05) is 11.8 Å². The van der Waals surface area contributed by atoms with Gasteiger partial charge in [-0.2, -0.15) is 0 Å². The largest absolute Gasteiger partial charge is 0.389 e. The minimum Gasteiger partial charge on any atom is -0.389 e. The lowest BCUT2D eigenvalue weighted by molar-refractivity contribution is 0.434. The van der Waals surface area contributed by atoms with Crippen LogP contribution in [0.5, 0.6) is 0 Å². The highest BCUT2D eigenvalue weighted by Crippen LogP contribution is 2.35. The summed E-state index contributed by atoms with van der Waals surface area (Å²) in [5.74, 6) is 1.04. The lowest BCUT2D eigenvalue weighted by Gasteiger charge is -2.39. The number of thioether (sulfide) groups is 1. The summed E-state index contributed by atoms with van der Waals surface area (Å²) in [5.41, 5.74) is 8.40. The lowest BCUT2D eigenvalue weighted by atomic mass is 9.96. The number of benzene rings is 1. The van der Waals surface area contributed by atoms with E-state index in [0.29, 0.717) is 11.0 Å². The molecule has 1 atom stereocenters. The average Bonchev–Trinajstić information content (AvgIpc) is 2.48. The second kappa shape index (κ2) is 8.04. The predicted molar refractivity (Wildman–Crippen MR) is 98.6 cm³/mol. The monoisotopic (exact) mass is 322 g/mol. The Labute approximate surface area is 138 Å². The van der Waals surface area contributed by atoms with E-state index in [0.717, 1.165) is 17.9 Å². The topological polar surface area (TPSA) is 29.3 Å². The summed E-state index contributed by atoms with van der Waals surface area (Å²) in [7, 11) is 0. The van der Waals surface area contributed by atoms with Crippen molar-refractivity contribution in [1.82, 2.24) is 0 Å². The van der Waals surface area contributed by atoms with Gasteiger partial charge >= 0.3 is 0 Å². The average molecular weight is 323 g/mol. The summed E-state index contributed by atoms with van der Waals surface area (Å²) in [5, 5.41) is 0. The minimum absolute atomic E-state index is 0.530. The van der Waals surface area contributed by atoms with Crippen molar-refractivity contribution >= 4 is 34.7 Å². The molecule has 1 saturated heterocycles. The Bertz CT molecular complexity index is 486. The molecule has 1 aliphatic heterocycles. The molecule has 1 aromatic rings. The molecule has 0 spiro atoms. The fourth-order valence-electron chi connectivity index (χ4n) is 3.23. The van der Waals surface area contributed by atoms with Crippen molar-refractivity contribution in [3.8, 4) is 0 Å². The Morgan fingerprint density at radius 3 is 2.86 bits per heavy atom. The zero-order chi connectivity index (χ0) is 15.2. The second-order valence-corrected chi connectivity index (χ2v) is 7.32. The van der Waals surface area contributed by atoms with Crippen LogP contribution in [-0.2, 0) is 0 Å². The van der Waals surface area contributed by atoms with Crippen LogP contribution in [-0.4, -0.2) is 23.3 Å². The SMILES string of the molecule is CCCC1CCCCN1c1cccc(SCC)c1C(N)=S. The molecule has 0 aliphatic carbocycles. The van der Waals surface area contributed by atoms with Crippen molar-refractivity contribution in [2.24, 2.45) is 5.73 Å². The fraction of sp³-hybridized carbons (Fsp3) is 0.588. The number of hydrogen-bond donors (Lipinski definition) is 1. The number of nitrogens with two attached hydrogens (primary N) is 1.